The Morgan fingerprint density at radius 3 is 1.87 bits per heavy atom. The molecule has 30 heavy (non-hydrogen) atoms. The second-order valence-corrected chi connectivity index (χ2v) is 12.9. The maximum Gasteiger partial charge on any atom is -0.0331 e. The van der Waals surface area contributed by atoms with Crippen LogP contribution in [0.2, 0.25) is 0 Å². The SMILES string of the molecule is CCC(C)CC(C)CCC(C)C1CC(C)C(C(C)C2C(C)CCCC2C)C(C)C1C. The fraction of sp³-hybridized carbons (Fsp3) is 1.00. The molecule has 0 aromatic rings. The van der Waals surface area contributed by atoms with Gasteiger partial charge in [0.05, 0.1) is 0 Å². The Morgan fingerprint density at radius 1 is 0.700 bits per heavy atom. The first kappa shape index (κ1) is 26.3. The topological polar surface area (TPSA) is 0 Å². The molecule has 2 fully saturated rings. The Morgan fingerprint density at radius 2 is 1.30 bits per heavy atom. The molecule has 0 aromatic carbocycles. The molecular weight excluding hydrogens is 360 g/mol. The van der Waals surface area contributed by atoms with Gasteiger partial charge in [-0.3, -0.25) is 0 Å². The minimum absolute atomic E-state index is 0.884. The molecule has 2 rings (SSSR count). The molecule has 0 aromatic heterocycles. The van der Waals surface area contributed by atoms with Gasteiger partial charge in [0.1, 0.15) is 0 Å². The molecule has 178 valence electrons. The van der Waals surface area contributed by atoms with Crippen LogP contribution in [0.25, 0.3) is 0 Å². The van der Waals surface area contributed by atoms with Gasteiger partial charge in [0.15, 0.2) is 0 Å². The van der Waals surface area contributed by atoms with E-state index in [-0.39, 0.29) is 0 Å². The summed E-state index contributed by atoms with van der Waals surface area (Å²) in [6.07, 6.45) is 11.5. The van der Waals surface area contributed by atoms with Gasteiger partial charge in [-0.05, 0) is 83.9 Å². The summed E-state index contributed by atoms with van der Waals surface area (Å²) in [4.78, 5) is 0. The van der Waals surface area contributed by atoms with Crippen molar-refractivity contribution in [1.29, 1.82) is 0 Å². The van der Waals surface area contributed by atoms with Crippen molar-refractivity contribution in [2.24, 2.45) is 71.0 Å². The Kier molecular flexibility index (Phi) is 10.3. The third-order valence-electron chi connectivity index (χ3n) is 10.6. The quantitative estimate of drug-likeness (QED) is 0.349. The first-order chi connectivity index (χ1) is 14.1. The van der Waals surface area contributed by atoms with E-state index in [9.17, 15) is 0 Å². The van der Waals surface area contributed by atoms with Crippen molar-refractivity contribution >= 4 is 0 Å². The molecule has 2 aliphatic carbocycles. The molecule has 0 bridgehead atoms. The third-order valence-corrected chi connectivity index (χ3v) is 10.6. The van der Waals surface area contributed by atoms with E-state index in [1.165, 1.54) is 51.4 Å². The lowest BCUT2D eigenvalue weighted by Gasteiger charge is -2.52. The van der Waals surface area contributed by atoms with Crippen molar-refractivity contribution in [3.63, 3.8) is 0 Å². The molecule has 0 aliphatic heterocycles. The standard InChI is InChI=1S/C30H58/c1-11-19(2)17-20(3)15-16-21(4)28-18-24(7)30(26(9)25(28)8)27(10)29-22(5)13-12-14-23(29)6/h19-30H,11-18H2,1-10H3. The van der Waals surface area contributed by atoms with Gasteiger partial charge in [0.2, 0.25) is 0 Å². The van der Waals surface area contributed by atoms with E-state index < -0.39 is 0 Å². The second kappa shape index (κ2) is 11.7. The third kappa shape index (κ3) is 6.28. The van der Waals surface area contributed by atoms with Gasteiger partial charge in [0.25, 0.3) is 0 Å². The molecule has 0 N–H and O–H groups in total. The highest BCUT2D eigenvalue weighted by molar-refractivity contribution is 4.94. The molecule has 2 aliphatic rings. The summed E-state index contributed by atoms with van der Waals surface area (Å²) >= 11 is 0. The van der Waals surface area contributed by atoms with Gasteiger partial charge < -0.3 is 0 Å². The summed E-state index contributed by atoms with van der Waals surface area (Å²) in [5.41, 5.74) is 0. The molecule has 11 atom stereocenters. The van der Waals surface area contributed by atoms with Crippen molar-refractivity contribution in [2.45, 2.75) is 121 Å². The van der Waals surface area contributed by atoms with Gasteiger partial charge in [-0.2, -0.15) is 0 Å². The summed E-state index contributed by atoms with van der Waals surface area (Å²) in [6, 6.07) is 0. The molecule has 0 amide bonds. The molecule has 0 nitrogen and oxygen atoms in total. The van der Waals surface area contributed by atoms with Crippen molar-refractivity contribution < 1.29 is 0 Å². The highest BCUT2D eigenvalue weighted by Crippen LogP contribution is 2.52. The maximum atomic E-state index is 2.65. The van der Waals surface area contributed by atoms with E-state index in [0.29, 0.717) is 0 Å². The maximum absolute atomic E-state index is 2.65. The first-order valence-electron chi connectivity index (χ1n) is 14.1. The highest BCUT2D eigenvalue weighted by Gasteiger charge is 2.45. The largest absolute Gasteiger partial charge is 0.0651 e. The molecule has 0 spiro atoms. The number of rotatable bonds is 9. The van der Waals surface area contributed by atoms with Crippen LogP contribution in [0.3, 0.4) is 0 Å². The van der Waals surface area contributed by atoms with E-state index in [1.54, 1.807) is 0 Å². The summed E-state index contributed by atoms with van der Waals surface area (Å²) in [6.45, 7) is 25.5. The molecule has 11 unspecified atom stereocenters. The summed E-state index contributed by atoms with van der Waals surface area (Å²) in [7, 11) is 0. The minimum Gasteiger partial charge on any atom is -0.0651 e. The van der Waals surface area contributed by atoms with Crippen LogP contribution in [-0.2, 0) is 0 Å². The lowest BCUT2D eigenvalue weighted by atomic mass is 9.53. The normalized spacial score (nSPS) is 41.8. The van der Waals surface area contributed by atoms with E-state index >= 15 is 0 Å². The predicted molar refractivity (Wildman–Crippen MR) is 136 cm³/mol. The van der Waals surface area contributed by atoms with Crippen LogP contribution >= 0.6 is 0 Å². The van der Waals surface area contributed by atoms with Crippen LogP contribution in [0, 0.1) is 71.0 Å². The van der Waals surface area contributed by atoms with Crippen LogP contribution in [-0.4, -0.2) is 0 Å². The number of hydrogen-bond acceptors (Lipinski definition) is 0. The van der Waals surface area contributed by atoms with Crippen LogP contribution in [0.1, 0.15) is 121 Å². The molecule has 0 heteroatoms. The van der Waals surface area contributed by atoms with Gasteiger partial charge in [-0.1, -0.05) is 108 Å². The Balaban J connectivity index is 1.98. The van der Waals surface area contributed by atoms with Gasteiger partial charge >= 0.3 is 0 Å². The van der Waals surface area contributed by atoms with Crippen molar-refractivity contribution in [1.82, 2.24) is 0 Å². The molecule has 2 saturated carbocycles. The molecule has 0 heterocycles. The second-order valence-electron chi connectivity index (χ2n) is 12.9. The smallest absolute Gasteiger partial charge is 0.0331 e. The summed E-state index contributed by atoms with van der Waals surface area (Å²) < 4.78 is 0. The summed E-state index contributed by atoms with van der Waals surface area (Å²) in [5.74, 6) is 11.0. The summed E-state index contributed by atoms with van der Waals surface area (Å²) in [5, 5.41) is 0. The molecule has 0 radical (unpaired) electrons. The van der Waals surface area contributed by atoms with Gasteiger partial charge in [-0.25, -0.2) is 0 Å². The van der Waals surface area contributed by atoms with Crippen molar-refractivity contribution in [2.75, 3.05) is 0 Å². The fourth-order valence-corrected chi connectivity index (χ4v) is 8.54. The van der Waals surface area contributed by atoms with Crippen LogP contribution in [0.4, 0.5) is 0 Å². The zero-order valence-corrected chi connectivity index (χ0v) is 22.6. The van der Waals surface area contributed by atoms with Crippen molar-refractivity contribution in [3.05, 3.63) is 0 Å². The lowest BCUT2D eigenvalue weighted by molar-refractivity contribution is -0.0326. The van der Waals surface area contributed by atoms with Gasteiger partial charge in [0, 0.05) is 0 Å². The molecule has 0 saturated heterocycles. The Labute approximate surface area is 191 Å². The predicted octanol–water partition coefficient (Wildman–Crippen LogP) is 9.73. The highest BCUT2D eigenvalue weighted by atomic mass is 14.5. The Hall–Kier alpha value is 0. The van der Waals surface area contributed by atoms with E-state index in [4.69, 9.17) is 0 Å². The zero-order valence-electron chi connectivity index (χ0n) is 22.6. The fourth-order valence-electron chi connectivity index (χ4n) is 8.54. The van der Waals surface area contributed by atoms with Crippen LogP contribution in [0.15, 0.2) is 0 Å². The van der Waals surface area contributed by atoms with Crippen LogP contribution < -0.4 is 0 Å². The van der Waals surface area contributed by atoms with E-state index in [1.807, 2.05) is 0 Å². The van der Waals surface area contributed by atoms with Gasteiger partial charge in [-0.15, -0.1) is 0 Å². The monoisotopic (exact) mass is 418 g/mol. The first-order valence-corrected chi connectivity index (χ1v) is 14.1. The Bertz CT molecular complexity index is 470. The zero-order chi connectivity index (χ0) is 22.6. The lowest BCUT2D eigenvalue weighted by Crippen LogP contribution is -2.45. The van der Waals surface area contributed by atoms with E-state index in [0.717, 1.165) is 71.0 Å². The van der Waals surface area contributed by atoms with Crippen LogP contribution in [0.5, 0.6) is 0 Å². The molecular formula is C30H58. The minimum atomic E-state index is 0.884. The number of hydrogen-bond donors (Lipinski definition) is 0. The average molecular weight is 419 g/mol. The van der Waals surface area contributed by atoms with Crippen molar-refractivity contribution in [3.8, 4) is 0 Å². The van der Waals surface area contributed by atoms with E-state index in [2.05, 4.69) is 69.2 Å². The average Bonchev–Trinajstić information content (AvgIpc) is 2.68.